The lowest BCUT2D eigenvalue weighted by molar-refractivity contribution is -0.134. The van der Waals surface area contributed by atoms with Crippen LogP contribution in [0.1, 0.15) is 28.8 Å². The van der Waals surface area contributed by atoms with E-state index in [0.717, 1.165) is 5.56 Å². The molecule has 0 N–H and O–H groups in total. The van der Waals surface area contributed by atoms with Gasteiger partial charge in [0.25, 0.3) is 11.8 Å². The smallest absolute Gasteiger partial charge is 0.327 e. The van der Waals surface area contributed by atoms with Gasteiger partial charge in [-0.1, -0.05) is 30.3 Å². The van der Waals surface area contributed by atoms with Crippen LogP contribution in [0.3, 0.4) is 0 Å². The molecule has 4 rings (SSSR count). The first-order valence-corrected chi connectivity index (χ1v) is 9.89. The minimum absolute atomic E-state index is 0.163. The number of hydrogen-bond acceptors (Lipinski definition) is 5. The first-order valence-electron chi connectivity index (χ1n) is 9.89. The number of pyridine rings is 1. The standard InChI is InChI=1S/C22H24N4O4/c1-24-20(28)22(26(21(24)29)15-16-6-4-3-5-7-16)9-12-25(13-10-22)19(27)17-8-11-23-14-18(17)30-2/h3-8,11,14H,9-10,12-13,15H2,1-2H3. The summed E-state index contributed by atoms with van der Waals surface area (Å²) in [6.45, 7) is 1.12. The lowest BCUT2D eigenvalue weighted by Gasteiger charge is -2.42. The number of methoxy groups -OCH3 is 1. The van der Waals surface area contributed by atoms with Crippen LogP contribution in [-0.4, -0.2) is 70.3 Å². The summed E-state index contributed by atoms with van der Waals surface area (Å²) in [7, 11) is 3.02. The van der Waals surface area contributed by atoms with E-state index in [4.69, 9.17) is 4.74 Å². The zero-order valence-electron chi connectivity index (χ0n) is 17.1. The van der Waals surface area contributed by atoms with Crippen LogP contribution in [0.5, 0.6) is 5.75 Å². The summed E-state index contributed by atoms with van der Waals surface area (Å²) in [5.74, 6) is 0.0567. The Morgan fingerprint density at radius 3 is 2.50 bits per heavy atom. The van der Waals surface area contributed by atoms with Gasteiger partial charge in [-0.05, 0) is 24.5 Å². The van der Waals surface area contributed by atoms with Crippen LogP contribution in [0.15, 0.2) is 48.8 Å². The minimum atomic E-state index is -0.916. The number of likely N-dealkylation sites (N-methyl/N-ethyl adjacent to an activating group) is 1. The molecule has 8 nitrogen and oxygen atoms in total. The van der Waals surface area contributed by atoms with Gasteiger partial charge in [0.2, 0.25) is 0 Å². The SMILES string of the molecule is COc1cnccc1C(=O)N1CCC2(CC1)C(=O)N(C)C(=O)N2Cc1ccccc1. The Balaban J connectivity index is 1.55. The quantitative estimate of drug-likeness (QED) is 0.724. The van der Waals surface area contributed by atoms with Crippen molar-refractivity contribution in [1.82, 2.24) is 19.7 Å². The molecule has 2 aliphatic heterocycles. The number of carbonyl (C=O) groups is 3. The van der Waals surface area contributed by atoms with E-state index in [1.165, 1.54) is 25.3 Å². The van der Waals surface area contributed by atoms with E-state index in [9.17, 15) is 14.4 Å². The van der Waals surface area contributed by atoms with E-state index in [1.54, 1.807) is 22.1 Å². The highest BCUT2D eigenvalue weighted by molar-refractivity contribution is 6.07. The second-order valence-electron chi connectivity index (χ2n) is 7.62. The summed E-state index contributed by atoms with van der Waals surface area (Å²) >= 11 is 0. The van der Waals surface area contributed by atoms with Crippen molar-refractivity contribution in [2.45, 2.75) is 24.9 Å². The zero-order chi connectivity index (χ0) is 21.3. The Hall–Kier alpha value is -3.42. The van der Waals surface area contributed by atoms with Gasteiger partial charge >= 0.3 is 6.03 Å². The topological polar surface area (TPSA) is 83.0 Å². The van der Waals surface area contributed by atoms with E-state index >= 15 is 0 Å². The normalized spacial score (nSPS) is 18.3. The van der Waals surface area contributed by atoms with Gasteiger partial charge in [-0.3, -0.25) is 19.5 Å². The van der Waals surface area contributed by atoms with Crippen molar-refractivity contribution in [2.24, 2.45) is 0 Å². The van der Waals surface area contributed by atoms with Gasteiger partial charge in [0.05, 0.1) is 18.9 Å². The molecule has 2 fully saturated rings. The van der Waals surface area contributed by atoms with Crippen LogP contribution in [-0.2, 0) is 11.3 Å². The van der Waals surface area contributed by atoms with Gasteiger partial charge in [-0.2, -0.15) is 0 Å². The van der Waals surface area contributed by atoms with Crippen molar-refractivity contribution in [3.63, 3.8) is 0 Å². The Kier molecular flexibility index (Phi) is 5.15. The maximum Gasteiger partial charge on any atom is 0.327 e. The molecule has 1 aromatic carbocycles. The molecule has 0 aliphatic carbocycles. The van der Waals surface area contributed by atoms with Crippen molar-refractivity contribution in [3.8, 4) is 5.75 Å². The van der Waals surface area contributed by atoms with Crippen LogP contribution >= 0.6 is 0 Å². The van der Waals surface area contributed by atoms with E-state index < -0.39 is 5.54 Å². The summed E-state index contributed by atoms with van der Waals surface area (Å²) in [4.78, 5) is 47.5. The molecule has 0 unspecified atom stereocenters. The van der Waals surface area contributed by atoms with Crippen LogP contribution in [0.2, 0.25) is 0 Å². The Morgan fingerprint density at radius 2 is 1.83 bits per heavy atom. The molecule has 2 aromatic rings. The second-order valence-corrected chi connectivity index (χ2v) is 7.62. The molecule has 156 valence electrons. The van der Waals surface area contributed by atoms with Crippen molar-refractivity contribution in [2.75, 3.05) is 27.2 Å². The fourth-order valence-electron chi connectivity index (χ4n) is 4.32. The van der Waals surface area contributed by atoms with Crippen molar-refractivity contribution >= 4 is 17.8 Å². The second kappa shape index (κ2) is 7.78. The Bertz CT molecular complexity index is 970. The molecule has 8 heteroatoms. The third kappa shape index (κ3) is 3.18. The molecule has 3 heterocycles. The van der Waals surface area contributed by atoms with Gasteiger partial charge in [0.1, 0.15) is 11.3 Å². The van der Waals surface area contributed by atoms with Crippen LogP contribution in [0.4, 0.5) is 4.79 Å². The van der Waals surface area contributed by atoms with E-state index in [2.05, 4.69) is 4.98 Å². The highest BCUT2D eigenvalue weighted by atomic mass is 16.5. The number of hydrogen-bond donors (Lipinski definition) is 0. The number of nitrogens with zero attached hydrogens (tertiary/aromatic N) is 4. The number of carbonyl (C=O) groups excluding carboxylic acids is 3. The van der Waals surface area contributed by atoms with Gasteiger partial charge < -0.3 is 14.5 Å². The summed E-state index contributed by atoms with van der Waals surface area (Å²) in [5, 5.41) is 0. The van der Waals surface area contributed by atoms with Crippen LogP contribution < -0.4 is 4.74 Å². The summed E-state index contributed by atoms with van der Waals surface area (Å²) in [6, 6.07) is 11.0. The first kappa shape index (κ1) is 19.9. The average Bonchev–Trinajstić information content (AvgIpc) is 2.96. The first-order chi connectivity index (χ1) is 14.5. The number of imide groups is 1. The molecule has 4 amide bonds. The lowest BCUT2D eigenvalue weighted by Crippen LogP contribution is -2.57. The summed E-state index contributed by atoms with van der Waals surface area (Å²) in [6.07, 6.45) is 3.85. The van der Waals surface area contributed by atoms with Crippen LogP contribution in [0, 0.1) is 0 Å². The molecule has 0 saturated carbocycles. The maximum absolute atomic E-state index is 13.1. The monoisotopic (exact) mass is 408 g/mol. The summed E-state index contributed by atoms with van der Waals surface area (Å²) in [5.41, 5.74) is 0.490. The van der Waals surface area contributed by atoms with Crippen molar-refractivity contribution in [3.05, 3.63) is 59.9 Å². The minimum Gasteiger partial charge on any atom is -0.494 e. The largest absolute Gasteiger partial charge is 0.494 e. The van der Waals surface area contributed by atoms with E-state index in [0.29, 0.717) is 43.8 Å². The molecule has 2 saturated heterocycles. The number of rotatable bonds is 4. The number of benzene rings is 1. The molecule has 2 aliphatic rings. The highest BCUT2D eigenvalue weighted by Gasteiger charge is 2.57. The predicted octanol–water partition coefficient (Wildman–Crippen LogP) is 2.16. The van der Waals surface area contributed by atoms with Gasteiger partial charge in [0.15, 0.2) is 0 Å². The third-order valence-corrected chi connectivity index (χ3v) is 6.03. The molecular weight excluding hydrogens is 384 g/mol. The van der Waals surface area contributed by atoms with E-state index in [1.807, 2.05) is 30.3 Å². The molecular formula is C22H24N4O4. The molecule has 1 aromatic heterocycles. The van der Waals surface area contributed by atoms with E-state index in [-0.39, 0.29) is 17.8 Å². The average molecular weight is 408 g/mol. The molecule has 1 spiro atoms. The Morgan fingerprint density at radius 1 is 1.13 bits per heavy atom. The third-order valence-electron chi connectivity index (χ3n) is 6.03. The molecule has 0 bridgehead atoms. The predicted molar refractivity (Wildman–Crippen MR) is 109 cm³/mol. The number of piperidine rings is 1. The fourth-order valence-corrected chi connectivity index (χ4v) is 4.32. The maximum atomic E-state index is 13.1. The van der Waals surface area contributed by atoms with Gasteiger partial charge in [0, 0.05) is 32.9 Å². The van der Waals surface area contributed by atoms with Gasteiger partial charge in [-0.25, -0.2) is 4.79 Å². The number of urea groups is 1. The lowest BCUT2D eigenvalue weighted by atomic mass is 9.85. The number of ether oxygens (including phenoxy) is 1. The Labute approximate surface area is 175 Å². The van der Waals surface area contributed by atoms with Crippen molar-refractivity contribution in [1.29, 1.82) is 0 Å². The van der Waals surface area contributed by atoms with Crippen LogP contribution in [0.25, 0.3) is 0 Å². The van der Waals surface area contributed by atoms with Crippen molar-refractivity contribution < 1.29 is 19.1 Å². The summed E-state index contributed by atoms with van der Waals surface area (Å²) < 4.78 is 5.26. The number of likely N-dealkylation sites (tertiary alicyclic amines) is 1. The highest BCUT2D eigenvalue weighted by Crippen LogP contribution is 2.38. The fraction of sp³-hybridized carbons (Fsp3) is 0.364. The number of aromatic nitrogens is 1. The van der Waals surface area contributed by atoms with Gasteiger partial charge in [-0.15, -0.1) is 0 Å². The zero-order valence-corrected chi connectivity index (χ0v) is 17.1. The molecule has 30 heavy (non-hydrogen) atoms. The molecule has 0 radical (unpaired) electrons. The molecule has 0 atom stereocenters. The number of amides is 4.